The number of carbonyl (C=O) groups is 1. The molecule has 29 heavy (non-hydrogen) atoms. The van der Waals surface area contributed by atoms with E-state index < -0.39 is 0 Å². The Hall–Kier alpha value is -2.40. The second-order valence-corrected chi connectivity index (χ2v) is 9.26. The number of anilines is 1. The summed E-state index contributed by atoms with van der Waals surface area (Å²) < 4.78 is 6.55. The number of hydrogen-bond acceptors (Lipinski definition) is 4. The summed E-state index contributed by atoms with van der Waals surface area (Å²) >= 11 is 0. The molecule has 0 radical (unpaired) electrons. The Morgan fingerprint density at radius 3 is 2.72 bits per heavy atom. The number of carbonyl (C=O) groups excluding carboxylic acids is 1. The number of nitrogens with zero attached hydrogens (tertiary/aromatic N) is 2. The smallest absolute Gasteiger partial charge is 0.230 e. The molecule has 1 spiro atoms. The van der Waals surface area contributed by atoms with Crippen LogP contribution in [0.25, 0.3) is 0 Å². The summed E-state index contributed by atoms with van der Waals surface area (Å²) in [4.78, 5) is 20.0. The molecule has 1 aliphatic carbocycles. The van der Waals surface area contributed by atoms with E-state index in [1.54, 1.807) is 0 Å². The van der Waals surface area contributed by atoms with Crippen LogP contribution in [-0.2, 0) is 14.9 Å². The number of nitrogens with one attached hydrogen (secondary N) is 1. The van der Waals surface area contributed by atoms with Gasteiger partial charge in [-0.05, 0) is 43.4 Å². The molecule has 5 nitrogen and oxygen atoms in total. The summed E-state index contributed by atoms with van der Waals surface area (Å²) in [6.45, 7) is 2.61. The lowest BCUT2D eigenvalue weighted by atomic mass is 9.73. The van der Waals surface area contributed by atoms with E-state index in [4.69, 9.17) is 4.74 Å². The molecule has 1 amide bonds. The molecule has 1 N–H and O–H groups in total. The molecule has 2 aromatic rings. The van der Waals surface area contributed by atoms with Crippen molar-refractivity contribution in [1.29, 1.82) is 0 Å². The van der Waals surface area contributed by atoms with Gasteiger partial charge in [0.2, 0.25) is 5.91 Å². The number of rotatable bonds is 5. The van der Waals surface area contributed by atoms with Crippen LogP contribution in [0.3, 0.4) is 0 Å². The first-order chi connectivity index (χ1) is 14.2. The highest BCUT2D eigenvalue weighted by atomic mass is 16.5. The Balaban J connectivity index is 1.16. The zero-order chi connectivity index (χ0) is 19.5. The van der Waals surface area contributed by atoms with Gasteiger partial charge in [0.1, 0.15) is 5.82 Å². The molecule has 5 heteroatoms. The standard InChI is InChI=1S/C24H27N3O2/c28-22(23(11-12-23)17-6-2-1-3-7-17)26-14-18-19-15-27(21-8-4-5-13-25-21)16-24(19)10-9-20(18)29-24/h1-8,13,18-20H,9-12,14-16H2,(H,26,28)/t18-,19+,20+,24+/m0/s1. The van der Waals surface area contributed by atoms with Gasteiger partial charge in [0.05, 0.1) is 17.1 Å². The number of benzene rings is 1. The quantitative estimate of drug-likeness (QED) is 0.854. The second kappa shape index (κ2) is 6.30. The first-order valence-corrected chi connectivity index (χ1v) is 10.9. The number of pyridine rings is 1. The zero-order valence-electron chi connectivity index (χ0n) is 16.6. The predicted molar refractivity (Wildman–Crippen MR) is 111 cm³/mol. The van der Waals surface area contributed by atoms with Crippen molar-refractivity contribution in [2.75, 3.05) is 24.5 Å². The van der Waals surface area contributed by atoms with E-state index >= 15 is 0 Å². The van der Waals surface area contributed by atoms with Gasteiger partial charge >= 0.3 is 0 Å². The van der Waals surface area contributed by atoms with E-state index in [9.17, 15) is 4.79 Å². The summed E-state index contributed by atoms with van der Waals surface area (Å²) in [5.41, 5.74) is 0.807. The molecular formula is C24H27N3O2. The Labute approximate surface area is 171 Å². The molecule has 2 bridgehead atoms. The summed E-state index contributed by atoms with van der Waals surface area (Å²) in [5.74, 6) is 2.09. The highest BCUT2D eigenvalue weighted by Gasteiger charge is 2.63. The van der Waals surface area contributed by atoms with E-state index in [1.165, 1.54) is 0 Å². The van der Waals surface area contributed by atoms with Gasteiger partial charge in [-0.2, -0.15) is 0 Å². The normalized spacial score (nSPS) is 33.5. The summed E-state index contributed by atoms with van der Waals surface area (Å²) in [5, 5.41) is 3.32. The van der Waals surface area contributed by atoms with Gasteiger partial charge in [0, 0.05) is 37.7 Å². The Morgan fingerprint density at radius 2 is 1.97 bits per heavy atom. The van der Waals surface area contributed by atoms with Crippen LogP contribution in [0.15, 0.2) is 54.7 Å². The molecule has 0 unspecified atom stereocenters. The third-order valence-electron chi connectivity index (χ3n) is 7.77. The topological polar surface area (TPSA) is 54.5 Å². The minimum Gasteiger partial charge on any atom is -0.369 e. The minimum absolute atomic E-state index is 0.0473. The third kappa shape index (κ3) is 2.63. The number of aromatic nitrogens is 1. The number of fused-ring (bicyclic) bond motifs is 1. The van der Waals surface area contributed by atoms with Crippen LogP contribution in [0.5, 0.6) is 0 Å². The molecule has 3 saturated heterocycles. The van der Waals surface area contributed by atoms with E-state index in [0.29, 0.717) is 11.8 Å². The van der Waals surface area contributed by atoms with Gasteiger partial charge < -0.3 is 15.0 Å². The van der Waals surface area contributed by atoms with Crippen molar-refractivity contribution in [2.45, 2.75) is 42.8 Å². The van der Waals surface area contributed by atoms with Crippen molar-refractivity contribution in [1.82, 2.24) is 10.3 Å². The SMILES string of the molecule is O=C(NC[C@H]1[C@H]2CN(c3ccccn3)C[C@]23CC[C@H]1O3)C1(c2ccccc2)CC1. The first kappa shape index (κ1) is 17.5. The van der Waals surface area contributed by atoms with E-state index in [1.807, 2.05) is 36.5 Å². The fraction of sp³-hybridized carbons (Fsp3) is 0.500. The molecule has 4 atom stereocenters. The van der Waals surface area contributed by atoms with E-state index in [0.717, 1.165) is 56.7 Å². The van der Waals surface area contributed by atoms with Crippen molar-refractivity contribution < 1.29 is 9.53 Å². The Kier molecular flexibility index (Phi) is 3.79. The van der Waals surface area contributed by atoms with Gasteiger partial charge in [-0.15, -0.1) is 0 Å². The van der Waals surface area contributed by atoms with Crippen LogP contribution in [-0.4, -0.2) is 42.2 Å². The van der Waals surface area contributed by atoms with Gasteiger partial charge in [-0.1, -0.05) is 36.4 Å². The lowest BCUT2D eigenvalue weighted by Gasteiger charge is -2.29. The maximum atomic E-state index is 13.1. The van der Waals surface area contributed by atoms with Gasteiger partial charge in [-0.3, -0.25) is 4.79 Å². The average molecular weight is 389 g/mol. The molecule has 1 saturated carbocycles. The molecule has 1 aromatic heterocycles. The lowest BCUT2D eigenvalue weighted by molar-refractivity contribution is -0.123. The Morgan fingerprint density at radius 1 is 1.14 bits per heavy atom. The third-order valence-corrected chi connectivity index (χ3v) is 7.77. The molecule has 1 aromatic carbocycles. The van der Waals surface area contributed by atoms with Gasteiger partial charge in [0.15, 0.2) is 0 Å². The van der Waals surface area contributed by atoms with Crippen molar-refractivity contribution in [3.05, 3.63) is 60.3 Å². The van der Waals surface area contributed by atoms with Crippen LogP contribution in [0.4, 0.5) is 5.82 Å². The van der Waals surface area contributed by atoms with Gasteiger partial charge in [0.25, 0.3) is 0 Å². The van der Waals surface area contributed by atoms with Crippen LogP contribution in [0, 0.1) is 11.8 Å². The number of ether oxygens (including phenoxy) is 1. The van der Waals surface area contributed by atoms with Crippen LogP contribution in [0.2, 0.25) is 0 Å². The molecule has 4 fully saturated rings. The summed E-state index contributed by atoms with van der Waals surface area (Å²) in [6.07, 6.45) is 6.29. The highest BCUT2D eigenvalue weighted by molar-refractivity contribution is 5.91. The van der Waals surface area contributed by atoms with Crippen molar-refractivity contribution in [3.63, 3.8) is 0 Å². The predicted octanol–water partition coefficient (Wildman–Crippen LogP) is 2.91. The fourth-order valence-electron chi connectivity index (χ4n) is 6.09. The van der Waals surface area contributed by atoms with Crippen LogP contribution >= 0.6 is 0 Å². The largest absolute Gasteiger partial charge is 0.369 e. The van der Waals surface area contributed by atoms with Crippen molar-refractivity contribution >= 4 is 11.7 Å². The summed E-state index contributed by atoms with van der Waals surface area (Å²) in [7, 11) is 0. The first-order valence-electron chi connectivity index (χ1n) is 10.9. The number of hydrogen-bond donors (Lipinski definition) is 1. The lowest BCUT2D eigenvalue weighted by Crippen LogP contribution is -2.44. The highest BCUT2D eigenvalue weighted by Crippen LogP contribution is 2.55. The summed E-state index contributed by atoms with van der Waals surface area (Å²) in [6, 6.07) is 16.3. The molecule has 150 valence electrons. The van der Waals surface area contributed by atoms with Gasteiger partial charge in [-0.25, -0.2) is 4.98 Å². The average Bonchev–Trinajstić information content (AvgIpc) is 3.23. The minimum atomic E-state index is -0.299. The zero-order valence-corrected chi connectivity index (χ0v) is 16.6. The number of amides is 1. The van der Waals surface area contributed by atoms with Crippen molar-refractivity contribution in [3.8, 4) is 0 Å². The maximum absolute atomic E-state index is 13.1. The second-order valence-electron chi connectivity index (χ2n) is 9.26. The molecule has 3 aliphatic heterocycles. The molecule has 4 aliphatic rings. The van der Waals surface area contributed by atoms with E-state index in [-0.39, 0.29) is 23.0 Å². The fourth-order valence-corrected chi connectivity index (χ4v) is 6.09. The van der Waals surface area contributed by atoms with Crippen LogP contribution < -0.4 is 10.2 Å². The van der Waals surface area contributed by atoms with Crippen LogP contribution in [0.1, 0.15) is 31.2 Å². The van der Waals surface area contributed by atoms with Crippen molar-refractivity contribution in [2.24, 2.45) is 11.8 Å². The molecule has 6 rings (SSSR count). The molecule has 4 heterocycles. The molecular weight excluding hydrogens is 362 g/mol. The Bertz CT molecular complexity index is 914. The maximum Gasteiger partial charge on any atom is 0.230 e. The monoisotopic (exact) mass is 389 g/mol. The van der Waals surface area contributed by atoms with E-state index in [2.05, 4.69) is 33.4 Å².